The second kappa shape index (κ2) is 8.20. The molecule has 1 aromatic carbocycles. The Morgan fingerprint density at radius 2 is 2.12 bits per heavy atom. The van der Waals surface area contributed by atoms with Gasteiger partial charge in [0.15, 0.2) is 5.82 Å². The van der Waals surface area contributed by atoms with Gasteiger partial charge in [0, 0.05) is 13.1 Å². The van der Waals surface area contributed by atoms with Crippen LogP contribution in [0.4, 0.5) is 4.39 Å². The molecule has 2 heterocycles. The SMILES string of the molecule is CCn1cnnc1CNC(=O)[C@@H]1CCCCN1Cc1ccc(F)cc1. The number of amides is 1. The van der Waals surface area contributed by atoms with Crippen LogP contribution in [0.25, 0.3) is 0 Å². The molecule has 3 rings (SSSR count). The van der Waals surface area contributed by atoms with Crippen LogP contribution in [0.3, 0.4) is 0 Å². The lowest BCUT2D eigenvalue weighted by Gasteiger charge is -2.34. The Balaban J connectivity index is 1.61. The summed E-state index contributed by atoms with van der Waals surface area (Å²) in [4.78, 5) is 14.9. The summed E-state index contributed by atoms with van der Waals surface area (Å²) in [6.07, 6.45) is 4.63. The second-order valence-electron chi connectivity index (χ2n) is 6.36. The van der Waals surface area contributed by atoms with Crippen molar-refractivity contribution >= 4 is 5.91 Å². The third-order valence-corrected chi connectivity index (χ3v) is 4.67. The van der Waals surface area contributed by atoms with Gasteiger partial charge in [0.05, 0.1) is 12.6 Å². The van der Waals surface area contributed by atoms with E-state index in [-0.39, 0.29) is 17.8 Å². The van der Waals surface area contributed by atoms with E-state index in [2.05, 4.69) is 20.4 Å². The minimum absolute atomic E-state index is 0.0208. The third-order valence-electron chi connectivity index (χ3n) is 4.67. The zero-order valence-corrected chi connectivity index (χ0v) is 14.5. The molecular weight excluding hydrogens is 321 g/mol. The Labute approximate surface area is 147 Å². The van der Waals surface area contributed by atoms with Crippen molar-refractivity contribution in [1.82, 2.24) is 25.0 Å². The number of aromatic nitrogens is 3. The highest BCUT2D eigenvalue weighted by Crippen LogP contribution is 2.20. The predicted molar refractivity (Wildman–Crippen MR) is 92.0 cm³/mol. The molecule has 25 heavy (non-hydrogen) atoms. The van der Waals surface area contributed by atoms with Gasteiger partial charge in [-0.25, -0.2) is 4.39 Å². The van der Waals surface area contributed by atoms with Crippen molar-refractivity contribution < 1.29 is 9.18 Å². The van der Waals surface area contributed by atoms with Crippen LogP contribution in [-0.4, -0.2) is 38.2 Å². The third kappa shape index (κ3) is 4.42. The molecule has 1 fully saturated rings. The van der Waals surface area contributed by atoms with E-state index in [0.29, 0.717) is 13.1 Å². The van der Waals surface area contributed by atoms with Crippen LogP contribution < -0.4 is 5.32 Å². The van der Waals surface area contributed by atoms with Gasteiger partial charge in [0.1, 0.15) is 12.1 Å². The first-order valence-corrected chi connectivity index (χ1v) is 8.80. The molecule has 0 unspecified atom stereocenters. The number of carbonyl (C=O) groups excluding carboxylic acids is 1. The zero-order chi connectivity index (χ0) is 17.6. The van der Waals surface area contributed by atoms with Gasteiger partial charge in [-0.1, -0.05) is 18.6 Å². The quantitative estimate of drug-likeness (QED) is 0.871. The van der Waals surface area contributed by atoms with Gasteiger partial charge in [0.2, 0.25) is 5.91 Å². The van der Waals surface area contributed by atoms with E-state index >= 15 is 0 Å². The highest BCUT2D eigenvalue weighted by atomic mass is 19.1. The van der Waals surface area contributed by atoms with E-state index in [1.807, 2.05) is 11.5 Å². The summed E-state index contributed by atoms with van der Waals surface area (Å²) < 4.78 is 15.0. The second-order valence-corrected chi connectivity index (χ2v) is 6.36. The lowest BCUT2D eigenvalue weighted by molar-refractivity contribution is -0.128. The fourth-order valence-electron chi connectivity index (χ4n) is 3.27. The molecule has 1 aliphatic heterocycles. The first-order chi connectivity index (χ1) is 12.2. The van der Waals surface area contributed by atoms with Crippen LogP contribution in [0.1, 0.15) is 37.6 Å². The van der Waals surface area contributed by atoms with Crippen LogP contribution in [0.5, 0.6) is 0 Å². The van der Waals surface area contributed by atoms with E-state index in [0.717, 1.165) is 43.7 Å². The highest BCUT2D eigenvalue weighted by molar-refractivity contribution is 5.81. The molecule has 0 spiro atoms. The van der Waals surface area contributed by atoms with Crippen LogP contribution in [0.2, 0.25) is 0 Å². The number of halogens is 1. The number of piperidine rings is 1. The molecule has 1 aliphatic rings. The Hall–Kier alpha value is -2.28. The minimum Gasteiger partial charge on any atom is -0.347 e. The van der Waals surface area contributed by atoms with E-state index in [9.17, 15) is 9.18 Å². The lowest BCUT2D eigenvalue weighted by atomic mass is 10.0. The molecule has 0 aliphatic carbocycles. The minimum atomic E-state index is -0.239. The van der Waals surface area contributed by atoms with Crippen LogP contribution in [0, 0.1) is 5.82 Å². The number of hydrogen-bond donors (Lipinski definition) is 1. The summed E-state index contributed by atoms with van der Waals surface area (Å²) in [6.45, 7) is 4.70. The number of benzene rings is 1. The molecular formula is C18H24FN5O. The van der Waals surface area contributed by atoms with Crippen LogP contribution in [0.15, 0.2) is 30.6 Å². The predicted octanol–water partition coefficient (Wildman–Crippen LogP) is 2.11. The van der Waals surface area contributed by atoms with Crippen LogP contribution >= 0.6 is 0 Å². The van der Waals surface area contributed by atoms with Crippen molar-refractivity contribution in [2.45, 2.75) is 51.9 Å². The van der Waals surface area contributed by atoms with E-state index in [1.165, 1.54) is 12.1 Å². The van der Waals surface area contributed by atoms with Crippen LogP contribution in [-0.2, 0) is 24.4 Å². The van der Waals surface area contributed by atoms with Gasteiger partial charge in [-0.2, -0.15) is 0 Å². The van der Waals surface area contributed by atoms with Gasteiger partial charge in [0.25, 0.3) is 0 Å². The highest BCUT2D eigenvalue weighted by Gasteiger charge is 2.28. The molecule has 1 N–H and O–H groups in total. The molecule has 134 valence electrons. The summed E-state index contributed by atoms with van der Waals surface area (Å²) in [5, 5.41) is 10.9. The standard InChI is InChI=1S/C18H24FN5O/c1-2-23-13-21-22-17(23)11-20-18(25)16-5-3-4-10-24(16)12-14-6-8-15(19)9-7-14/h6-9,13,16H,2-5,10-12H2,1H3,(H,20,25)/t16-/m0/s1. The van der Waals surface area contributed by atoms with Crippen molar-refractivity contribution in [2.24, 2.45) is 0 Å². The van der Waals surface area contributed by atoms with Crippen molar-refractivity contribution in [3.8, 4) is 0 Å². The van der Waals surface area contributed by atoms with Crippen molar-refractivity contribution in [2.75, 3.05) is 6.54 Å². The Kier molecular flexibility index (Phi) is 5.75. The number of rotatable bonds is 6. The molecule has 1 saturated heterocycles. The van der Waals surface area contributed by atoms with Gasteiger partial charge in [-0.15, -0.1) is 10.2 Å². The largest absolute Gasteiger partial charge is 0.347 e. The first kappa shape index (κ1) is 17.5. The maximum absolute atomic E-state index is 13.1. The maximum atomic E-state index is 13.1. The van der Waals surface area contributed by atoms with Crippen molar-refractivity contribution in [1.29, 1.82) is 0 Å². The molecule has 7 heteroatoms. The van der Waals surface area contributed by atoms with E-state index in [4.69, 9.17) is 0 Å². The summed E-state index contributed by atoms with van der Waals surface area (Å²) in [7, 11) is 0. The number of carbonyl (C=O) groups is 1. The number of aryl methyl sites for hydroxylation is 1. The Morgan fingerprint density at radius 3 is 2.88 bits per heavy atom. The van der Waals surface area contributed by atoms with Gasteiger partial charge >= 0.3 is 0 Å². The number of nitrogens with one attached hydrogen (secondary N) is 1. The number of likely N-dealkylation sites (tertiary alicyclic amines) is 1. The normalized spacial score (nSPS) is 18.2. The smallest absolute Gasteiger partial charge is 0.237 e. The van der Waals surface area contributed by atoms with Crippen molar-refractivity contribution in [3.05, 3.63) is 47.8 Å². The summed E-state index contributed by atoms with van der Waals surface area (Å²) in [5.41, 5.74) is 1.02. The summed E-state index contributed by atoms with van der Waals surface area (Å²) in [5.74, 6) is 0.543. The van der Waals surface area contributed by atoms with E-state index < -0.39 is 0 Å². The average Bonchev–Trinajstić information content (AvgIpc) is 3.09. The lowest BCUT2D eigenvalue weighted by Crippen LogP contribution is -2.49. The zero-order valence-electron chi connectivity index (χ0n) is 14.5. The molecule has 0 radical (unpaired) electrons. The first-order valence-electron chi connectivity index (χ1n) is 8.80. The molecule has 0 bridgehead atoms. The topological polar surface area (TPSA) is 63.1 Å². The average molecular weight is 345 g/mol. The summed E-state index contributed by atoms with van der Waals surface area (Å²) in [6, 6.07) is 6.33. The molecule has 1 aromatic heterocycles. The molecule has 6 nitrogen and oxygen atoms in total. The molecule has 2 aromatic rings. The number of hydrogen-bond acceptors (Lipinski definition) is 4. The molecule has 1 amide bonds. The van der Waals surface area contributed by atoms with Gasteiger partial charge in [-0.05, 0) is 44.0 Å². The Bertz CT molecular complexity index is 700. The van der Waals surface area contributed by atoms with Gasteiger partial charge < -0.3 is 9.88 Å². The molecule has 0 saturated carbocycles. The van der Waals surface area contributed by atoms with E-state index in [1.54, 1.807) is 18.5 Å². The van der Waals surface area contributed by atoms with Gasteiger partial charge in [-0.3, -0.25) is 9.69 Å². The Morgan fingerprint density at radius 1 is 1.32 bits per heavy atom. The monoisotopic (exact) mass is 345 g/mol. The number of nitrogens with zero attached hydrogens (tertiary/aromatic N) is 4. The fourth-order valence-corrected chi connectivity index (χ4v) is 3.27. The summed E-state index contributed by atoms with van der Waals surface area (Å²) >= 11 is 0. The van der Waals surface area contributed by atoms with Crippen molar-refractivity contribution in [3.63, 3.8) is 0 Å². The molecule has 1 atom stereocenters. The maximum Gasteiger partial charge on any atom is 0.237 e. The fraction of sp³-hybridized carbons (Fsp3) is 0.500.